The van der Waals surface area contributed by atoms with Gasteiger partial charge in [0.1, 0.15) is 11.6 Å². The van der Waals surface area contributed by atoms with Crippen LogP contribution in [-0.2, 0) is 11.2 Å². The minimum Gasteiger partial charge on any atom is -0.496 e. The molecule has 16 heavy (non-hydrogen) atoms. The van der Waals surface area contributed by atoms with Crippen LogP contribution in [0, 0.1) is 5.82 Å². The number of methoxy groups -OCH3 is 1. The van der Waals surface area contributed by atoms with Crippen molar-refractivity contribution in [1.82, 2.24) is 0 Å². The van der Waals surface area contributed by atoms with E-state index in [1.54, 1.807) is 0 Å². The molecule has 0 saturated heterocycles. The number of hydrogen-bond acceptors (Lipinski definition) is 2. The number of carboxylic acids is 1. The van der Waals surface area contributed by atoms with E-state index in [2.05, 4.69) is 0 Å². The Kier molecular flexibility index (Phi) is 3.88. The SMILES string of the molecule is COc1cc(F)cc(CC(=O)O)c1C(C)C. The first-order chi connectivity index (χ1) is 7.45. The van der Waals surface area contributed by atoms with Crippen LogP contribution in [0.4, 0.5) is 4.39 Å². The van der Waals surface area contributed by atoms with Gasteiger partial charge in [0, 0.05) is 11.6 Å². The Morgan fingerprint density at radius 1 is 1.50 bits per heavy atom. The van der Waals surface area contributed by atoms with Crippen LogP contribution in [0.5, 0.6) is 5.75 Å². The fourth-order valence-corrected chi connectivity index (χ4v) is 1.78. The van der Waals surface area contributed by atoms with Crippen molar-refractivity contribution < 1.29 is 19.0 Å². The van der Waals surface area contributed by atoms with Crippen LogP contribution in [0.3, 0.4) is 0 Å². The van der Waals surface area contributed by atoms with Gasteiger partial charge in [-0.1, -0.05) is 13.8 Å². The van der Waals surface area contributed by atoms with Crippen LogP contribution in [0.15, 0.2) is 12.1 Å². The van der Waals surface area contributed by atoms with Gasteiger partial charge in [-0.2, -0.15) is 0 Å². The predicted molar refractivity (Wildman–Crippen MR) is 58.4 cm³/mol. The van der Waals surface area contributed by atoms with E-state index in [1.165, 1.54) is 19.2 Å². The fourth-order valence-electron chi connectivity index (χ4n) is 1.78. The van der Waals surface area contributed by atoms with E-state index in [0.717, 1.165) is 5.56 Å². The highest BCUT2D eigenvalue weighted by molar-refractivity contribution is 5.71. The second-order valence-corrected chi connectivity index (χ2v) is 3.91. The molecule has 1 aromatic carbocycles. The van der Waals surface area contributed by atoms with Crippen molar-refractivity contribution in [2.75, 3.05) is 7.11 Å². The number of carbonyl (C=O) groups is 1. The van der Waals surface area contributed by atoms with Gasteiger partial charge in [0.25, 0.3) is 0 Å². The molecule has 1 N–H and O–H groups in total. The Labute approximate surface area is 93.9 Å². The van der Waals surface area contributed by atoms with Gasteiger partial charge in [0.05, 0.1) is 13.5 Å². The monoisotopic (exact) mass is 226 g/mol. The molecule has 0 aliphatic carbocycles. The molecule has 0 atom stereocenters. The minimum absolute atomic E-state index is 0.0879. The van der Waals surface area contributed by atoms with E-state index in [1.807, 2.05) is 13.8 Å². The normalized spacial score (nSPS) is 10.6. The topological polar surface area (TPSA) is 46.5 Å². The van der Waals surface area contributed by atoms with Gasteiger partial charge >= 0.3 is 5.97 Å². The molecule has 0 aliphatic heterocycles. The molecule has 3 nitrogen and oxygen atoms in total. The Balaban J connectivity index is 3.32. The van der Waals surface area contributed by atoms with E-state index >= 15 is 0 Å². The first kappa shape index (κ1) is 12.5. The van der Waals surface area contributed by atoms with Crippen molar-refractivity contribution in [3.63, 3.8) is 0 Å². The van der Waals surface area contributed by atoms with Gasteiger partial charge in [-0.3, -0.25) is 4.79 Å². The van der Waals surface area contributed by atoms with Crippen molar-refractivity contribution in [3.05, 3.63) is 29.1 Å². The van der Waals surface area contributed by atoms with Crippen molar-refractivity contribution in [2.24, 2.45) is 0 Å². The van der Waals surface area contributed by atoms with Crippen molar-refractivity contribution in [3.8, 4) is 5.75 Å². The summed E-state index contributed by atoms with van der Waals surface area (Å²) in [6.45, 7) is 3.84. The summed E-state index contributed by atoms with van der Waals surface area (Å²) in [4.78, 5) is 10.7. The molecule has 1 rings (SSSR count). The van der Waals surface area contributed by atoms with Crippen molar-refractivity contribution in [1.29, 1.82) is 0 Å². The number of aliphatic carboxylic acids is 1. The molecule has 0 spiro atoms. The predicted octanol–water partition coefficient (Wildman–Crippen LogP) is 2.58. The van der Waals surface area contributed by atoms with E-state index in [4.69, 9.17) is 9.84 Å². The third kappa shape index (κ3) is 2.72. The summed E-state index contributed by atoms with van der Waals surface area (Å²) >= 11 is 0. The Hall–Kier alpha value is -1.58. The molecule has 0 heterocycles. The summed E-state index contributed by atoms with van der Waals surface area (Å²) in [7, 11) is 1.45. The van der Waals surface area contributed by atoms with E-state index < -0.39 is 11.8 Å². The van der Waals surface area contributed by atoms with Gasteiger partial charge in [0.2, 0.25) is 0 Å². The highest BCUT2D eigenvalue weighted by atomic mass is 19.1. The summed E-state index contributed by atoms with van der Waals surface area (Å²) in [5.74, 6) is -0.955. The van der Waals surface area contributed by atoms with Crippen LogP contribution < -0.4 is 4.74 Å². The molecule has 0 unspecified atom stereocenters. The van der Waals surface area contributed by atoms with Crippen LogP contribution in [0.1, 0.15) is 30.9 Å². The first-order valence-corrected chi connectivity index (χ1v) is 5.03. The maximum Gasteiger partial charge on any atom is 0.307 e. The van der Waals surface area contributed by atoms with E-state index in [0.29, 0.717) is 11.3 Å². The lowest BCUT2D eigenvalue weighted by Crippen LogP contribution is -2.07. The molecular formula is C12H15FO3. The van der Waals surface area contributed by atoms with Crippen molar-refractivity contribution in [2.45, 2.75) is 26.2 Å². The number of ether oxygens (including phenoxy) is 1. The molecule has 1 aromatic rings. The zero-order valence-electron chi connectivity index (χ0n) is 9.58. The molecule has 0 radical (unpaired) electrons. The van der Waals surface area contributed by atoms with E-state index in [9.17, 15) is 9.18 Å². The van der Waals surface area contributed by atoms with Crippen LogP contribution in [0.2, 0.25) is 0 Å². The molecule has 0 fully saturated rings. The molecule has 0 aromatic heterocycles. The molecule has 0 saturated carbocycles. The summed E-state index contributed by atoms with van der Waals surface area (Å²) in [5, 5.41) is 8.76. The second kappa shape index (κ2) is 4.96. The summed E-state index contributed by atoms with van der Waals surface area (Å²) in [6, 6.07) is 2.53. The summed E-state index contributed by atoms with van der Waals surface area (Å²) in [5.41, 5.74) is 1.23. The van der Waals surface area contributed by atoms with Crippen LogP contribution >= 0.6 is 0 Å². The molecular weight excluding hydrogens is 211 g/mol. The number of carboxylic acid groups (broad SMARTS) is 1. The van der Waals surface area contributed by atoms with Gasteiger partial charge in [-0.25, -0.2) is 4.39 Å². The van der Waals surface area contributed by atoms with Crippen LogP contribution in [0.25, 0.3) is 0 Å². The van der Waals surface area contributed by atoms with Gasteiger partial charge in [-0.05, 0) is 17.5 Å². The standard InChI is InChI=1S/C12H15FO3/c1-7(2)12-8(5-11(14)15)4-9(13)6-10(12)16-3/h4,6-7H,5H2,1-3H3,(H,14,15). The number of rotatable bonds is 4. The van der Waals surface area contributed by atoms with Crippen molar-refractivity contribution >= 4 is 5.97 Å². The van der Waals surface area contributed by atoms with E-state index in [-0.39, 0.29) is 12.3 Å². The zero-order valence-corrected chi connectivity index (χ0v) is 9.58. The summed E-state index contributed by atoms with van der Waals surface area (Å²) in [6.07, 6.45) is -0.193. The lowest BCUT2D eigenvalue weighted by atomic mass is 9.94. The van der Waals surface area contributed by atoms with Gasteiger partial charge < -0.3 is 9.84 Å². The largest absolute Gasteiger partial charge is 0.496 e. The average molecular weight is 226 g/mol. The number of halogens is 1. The first-order valence-electron chi connectivity index (χ1n) is 5.03. The Morgan fingerprint density at radius 3 is 2.56 bits per heavy atom. The average Bonchev–Trinajstić information content (AvgIpc) is 2.14. The smallest absolute Gasteiger partial charge is 0.307 e. The Morgan fingerprint density at radius 2 is 2.12 bits per heavy atom. The lowest BCUT2D eigenvalue weighted by molar-refractivity contribution is -0.136. The minimum atomic E-state index is -0.977. The maximum absolute atomic E-state index is 13.2. The Bertz CT molecular complexity index is 399. The van der Waals surface area contributed by atoms with Crippen LogP contribution in [-0.4, -0.2) is 18.2 Å². The summed E-state index contributed by atoms with van der Waals surface area (Å²) < 4.78 is 18.3. The maximum atomic E-state index is 13.2. The van der Waals surface area contributed by atoms with Gasteiger partial charge in [-0.15, -0.1) is 0 Å². The molecule has 0 amide bonds. The molecule has 4 heteroatoms. The van der Waals surface area contributed by atoms with Gasteiger partial charge in [0.15, 0.2) is 0 Å². The lowest BCUT2D eigenvalue weighted by Gasteiger charge is -2.16. The third-order valence-electron chi connectivity index (χ3n) is 2.33. The fraction of sp³-hybridized carbons (Fsp3) is 0.417. The third-order valence-corrected chi connectivity index (χ3v) is 2.33. The highest BCUT2D eigenvalue weighted by Gasteiger charge is 2.16. The number of hydrogen-bond donors (Lipinski definition) is 1. The highest BCUT2D eigenvalue weighted by Crippen LogP contribution is 2.31. The number of benzene rings is 1. The molecule has 0 aliphatic rings. The second-order valence-electron chi connectivity index (χ2n) is 3.91. The quantitative estimate of drug-likeness (QED) is 0.858. The zero-order chi connectivity index (χ0) is 12.3. The molecule has 0 bridgehead atoms. The molecule has 88 valence electrons.